The van der Waals surface area contributed by atoms with Gasteiger partial charge in [-0.25, -0.2) is 0 Å². The fraction of sp³-hybridized carbons (Fsp3) is 0.538. The predicted octanol–water partition coefficient (Wildman–Crippen LogP) is 2.22. The van der Waals surface area contributed by atoms with Crippen molar-refractivity contribution in [1.82, 2.24) is 0 Å². The Bertz CT molecular complexity index is 491. The van der Waals surface area contributed by atoms with E-state index in [2.05, 4.69) is 4.74 Å². The smallest absolute Gasteiger partial charge is 0.491 e. The highest BCUT2D eigenvalue weighted by Gasteiger charge is 2.28. The third-order valence-electron chi connectivity index (χ3n) is 2.70. The fourth-order valence-electron chi connectivity index (χ4n) is 1.92. The normalized spacial score (nSPS) is 15.1. The second-order valence-corrected chi connectivity index (χ2v) is 4.64. The first-order valence-corrected chi connectivity index (χ1v) is 6.37. The zero-order valence-corrected chi connectivity index (χ0v) is 11.4. The van der Waals surface area contributed by atoms with Crippen LogP contribution >= 0.6 is 0 Å². The van der Waals surface area contributed by atoms with Crippen LogP contribution in [0.3, 0.4) is 0 Å². The Morgan fingerprint density at radius 1 is 1.24 bits per heavy atom. The number of hydrogen-bond donors (Lipinski definition) is 1. The lowest BCUT2D eigenvalue weighted by Crippen LogP contribution is -2.20. The molecule has 1 aliphatic rings. The van der Waals surface area contributed by atoms with E-state index in [9.17, 15) is 13.2 Å². The molecule has 1 aliphatic heterocycles. The summed E-state index contributed by atoms with van der Waals surface area (Å²) in [4.78, 5) is 0. The Morgan fingerprint density at radius 3 is 2.52 bits per heavy atom. The molecule has 0 amide bonds. The zero-order chi connectivity index (χ0) is 15.5. The topological polar surface area (TPSA) is 62.9 Å². The van der Waals surface area contributed by atoms with Crippen molar-refractivity contribution in [1.29, 1.82) is 0 Å². The Hall–Kier alpha value is -1.67. The molecule has 2 rings (SSSR count). The lowest BCUT2D eigenvalue weighted by molar-refractivity contribution is -0.325. The van der Waals surface area contributed by atoms with Crippen molar-refractivity contribution < 1.29 is 32.1 Å². The largest absolute Gasteiger partial charge is 0.522 e. The van der Waals surface area contributed by atoms with E-state index in [4.69, 9.17) is 19.9 Å². The van der Waals surface area contributed by atoms with Gasteiger partial charge in [-0.2, -0.15) is 0 Å². The van der Waals surface area contributed by atoms with E-state index >= 15 is 0 Å². The van der Waals surface area contributed by atoms with Gasteiger partial charge < -0.3 is 19.9 Å². The molecule has 5 nitrogen and oxygen atoms in total. The molecule has 1 unspecified atom stereocenters. The van der Waals surface area contributed by atoms with E-state index < -0.39 is 13.0 Å². The summed E-state index contributed by atoms with van der Waals surface area (Å²) >= 11 is 0. The molecule has 0 aromatic heterocycles. The second kappa shape index (κ2) is 6.40. The number of nitrogens with two attached hydrogens (primary N) is 1. The number of rotatable bonds is 6. The Labute approximate surface area is 119 Å². The molecule has 0 aliphatic carbocycles. The molecule has 21 heavy (non-hydrogen) atoms. The van der Waals surface area contributed by atoms with Crippen LogP contribution in [0.25, 0.3) is 0 Å². The van der Waals surface area contributed by atoms with Crippen molar-refractivity contribution in [2.24, 2.45) is 5.73 Å². The highest BCUT2D eigenvalue weighted by atomic mass is 19.4. The second-order valence-electron chi connectivity index (χ2n) is 4.64. The van der Waals surface area contributed by atoms with E-state index in [1.807, 2.05) is 6.92 Å². The highest BCUT2D eigenvalue weighted by Crippen LogP contribution is 2.38. The number of ether oxygens (including phenoxy) is 4. The van der Waals surface area contributed by atoms with Crippen LogP contribution in [-0.4, -0.2) is 32.4 Å². The van der Waals surface area contributed by atoms with Gasteiger partial charge in [0.15, 0.2) is 11.5 Å². The van der Waals surface area contributed by atoms with Crippen molar-refractivity contribution in [2.45, 2.75) is 25.7 Å². The first kappa shape index (κ1) is 15.7. The highest BCUT2D eigenvalue weighted by molar-refractivity contribution is 5.52. The summed E-state index contributed by atoms with van der Waals surface area (Å²) in [5, 5.41) is 0. The fourth-order valence-corrected chi connectivity index (χ4v) is 1.92. The molecule has 0 saturated carbocycles. The molecule has 0 saturated heterocycles. The summed E-state index contributed by atoms with van der Waals surface area (Å²) in [5.74, 6) is 1.49. The van der Waals surface area contributed by atoms with Gasteiger partial charge in [-0.3, -0.25) is 4.74 Å². The van der Waals surface area contributed by atoms with Gasteiger partial charge in [0, 0.05) is 12.1 Å². The van der Waals surface area contributed by atoms with Gasteiger partial charge in [-0.05, 0) is 25.0 Å². The van der Waals surface area contributed by atoms with Gasteiger partial charge in [0.25, 0.3) is 0 Å². The van der Waals surface area contributed by atoms with Gasteiger partial charge in [0.05, 0.1) is 6.61 Å². The molecular formula is C13H16F3NO4. The average molecular weight is 307 g/mol. The molecule has 118 valence electrons. The SMILES string of the molecule is CC(N)Cc1cc2c(cc1OCCOC(F)(F)F)OCO2. The summed E-state index contributed by atoms with van der Waals surface area (Å²) in [6.45, 7) is 1.11. The first-order valence-electron chi connectivity index (χ1n) is 6.37. The van der Waals surface area contributed by atoms with Crippen LogP contribution in [0.15, 0.2) is 12.1 Å². The summed E-state index contributed by atoms with van der Waals surface area (Å²) < 4.78 is 55.1. The van der Waals surface area contributed by atoms with E-state index in [0.717, 1.165) is 5.56 Å². The van der Waals surface area contributed by atoms with E-state index in [-0.39, 0.29) is 19.4 Å². The minimum Gasteiger partial charge on any atom is -0.491 e. The van der Waals surface area contributed by atoms with Crippen molar-refractivity contribution in [2.75, 3.05) is 20.0 Å². The third-order valence-corrected chi connectivity index (χ3v) is 2.70. The Balaban J connectivity index is 2.02. The first-order chi connectivity index (χ1) is 9.85. The maximum absolute atomic E-state index is 11.9. The van der Waals surface area contributed by atoms with Crippen LogP contribution in [0.1, 0.15) is 12.5 Å². The quantitative estimate of drug-likeness (QED) is 0.817. The molecule has 0 spiro atoms. The number of halogens is 3. The van der Waals surface area contributed by atoms with Crippen molar-refractivity contribution in [3.8, 4) is 17.2 Å². The van der Waals surface area contributed by atoms with Gasteiger partial charge in [0.1, 0.15) is 12.4 Å². The number of alkyl halides is 3. The van der Waals surface area contributed by atoms with Crippen LogP contribution in [0.2, 0.25) is 0 Å². The number of benzene rings is 1. The summed E-state index contributed by atoms with van der Waals surface area (Å²) in [6, 6.07) is 3.19. The van der Waals surface area contributed by atoms with Crippen LogP contribution in [-0.2, 0) is 11.2 Å². The van der Waals surface area contributed by atoms with E-state index in [1.165, 1.54) is 0 Å². The van der Waals surface area contributed by atoms with E-state index in [1.54, 1.807) is 12.1 Å². The Morgan fingerprint density at radius 2 is 1.90 bits per heavy atom. The Kier molecular flexibility index (Phi) is 4.79. The van der Waals surface area contributed by atoms with Crippen LogP contribution in [0.4, 0.5) is 13.2 Å². The average Bonchev–Trinajstić information content (AvgIpc) is 2.79. The minimum absolute atomic E-state index is 0.105. The maximum Gasteiger partial charge on any atom is 0.522 e. The molecule has 0 bridgehead atoms. The molecule has 1 aromatic rings. The van der Waals surface area contributed by atoms with Gasteiger partial charge in [0.2, 0.25) is 6.79 Å². The van der Waals surface area contributed by atoms with Gasteiger partial charge >= 0.3 is 6.36 Å². The lowest BCUT2D eigenvalue weighted by Gasteiger charge is -2.14. The molecule has 0 radical (unpaired) electrons. The lowest BCUT2D eigenvalue weighted by atomic mass is 10.1. The van der Waals surface area contributed by atoms with E-state index in [0.29, 0.717) is 23.7 Å². The maximum atomic E-state index is 11.9. The predicted molar refractivity (Wildman–Crippen MR) is 67.4 cm³/mol. The molecule has 2 N–H and O–H groups in total. The van der Waals surface area contributed by atoms with Crippen molar-refractivity contribution in [3.05, 3.63) is 17.7 Å². The van der Waals surface area contributed by atoms with Gasteiger partial charge in [-0.15, -0.1) is 13.2 Å². The molecule has 1 heterocycles. The third kappa shape index (κ3) is 4.68. The standard InChI is InChI=1S/C13H16F3NO4/c1-8(17)4-9-5-11-12(20-7-19-11)6-10(9)18-2-3-21-13(14,15)16/h5-6,8H,2-4,7,17H2,1H3. The number of fused-ring (bicyclic) bond motifs is 1. The van der Waals surface area contributed by atoms with Crippen molar-refractivity contribution >= 4 is 0 Å². The van der Waals surface area contributed by atoms with Crippen LogP contribution in [0.5, 0.6) is 17.2 Å². The summed E-state index contributed by atoms with van der Waals surface area (Å²) in [6.07, 6.45) is -4.15. The molecule has 1 atom stereocenters. The van der Waals surface area contributed by atoms with Crippen LogP contribution in [0, 0.1) is 0 Å². The minimum atomic E-state index is -4.66. The summed E-state index contributed by atoms with van der Waals surface area (Å²) in [5.41, 5.74) is 6.50. The zero-order valence-electron chi connectivity index (χ0n) is 11.4. The van der Waals surface area contributed by atoms with Gasteiger partial charge in [-0.1, -0.05) is 0 Å². The molecule has 0 fully saturated rings. The number of hydrogen-bond acceptors (Lipinski definition) is 5. The summed E-state index contributed by atoms with van der Waals surface area (Å²) in [7, 11) is 0. The molecule has 1 aromatic carbocycles. The van der Waals surface area contributed by atoms with Crippen LogP contribution < -0.4 is 19.9 Å². The van der Waals surface area contributed by atoms with Crippen molar-refractivity contribution in [3.63, 3.8) is 0 Å². The molecular weight excluding hydrogens is 291 g/mol. The monoisotopic (exact) mass is 307 g/mol. The molecule has 8 heteroatoms.